The number of fused-ring (bicyclic) bond motifs is 3. The first kappa shape index (κ1) is 8.48. The third-order valence-electron chi connectivity index (χ3n) is 3.35. The average molecular weight is 263 g/mol. The predicted octanol–water partition coefficient (Wildman–Crippen LogP) is 4.35. The lowest BCUT2D eigenvalue weighted by molar-refractivity contribution is 0.667. The lowest BCUT2D eigenvalue weighted by Gasteiger charge is -2.00. The number of aryl methyl sites for hydroxylation is 1. The van der Waals surface area contributed by atoms with Crippen LogP contribution in [-0.2, 0) is 0 Å². The Morgan fingerprint density at radius 3 is 2.95 bits per heavy atom. The first-order valence-electron chi connectivity index (χ1n) is 7.77. The molecule has 3 heterocycles. The molecule has 4 aromatic rings. The first-order chi connectivity index (χ1) is 11.1. The molecule has 3 nitrogen and oxygen atoms in total. The van der Waals surface area contributed by atoms with Gasteiger partial charge in [0.05, 0.1) is 11.9 Å². The Bertz CT molecular complexity index is 1010. The molecular formula is C17H12N2O. The van der Waals surface area contributed by atoms with Crippen LogP contribution in [0.1, 0.15) is 9.68 Å². The Kier molecular flexibility index (Phi) is 1.77. The zero-order valence-electron chi connectivity index (χ0n) is 13.5. The molecule has 0 bridgehead atoms. The van der Waals surface area contributed by atoms with Crippen LogP contribution in [0, 0.1) is 6.85 Å². The van der Waals surface area contributed by atoms with E-state index in [1.54, 1.807) is 12.4 Å². The fourth-order valence-corrected chi connectivity index (χ4v) is 2.47. The van der Waals surface area contributed by atoms with Gasteiger partial charge in [0, 0.05) is 32.8 Å². The van der Waals surface area contributed by atoms with Gasteiger partial charge in [0.25, 0.3) is 0 Å². The van der Waals surface area contributed by atoms with Crippen LogP contribution in [0.4, 0.5) is 0 Å². The van der Waals surface area contributed by atoms with Crippen molar-refractivity contribution in [2.75, 3.05) is 0 Å². The Labute approximate surface area is 120 Å². The molecule has 20 heavy (non-hydrogen) atoms. The van der Waals surface area contributed by atoms with Crippen LogP contribution >= 0.6 is 0 Å². The molecule has 1 aromatic carbocycles. The van der Waals surface area contributed by atoms with E-state index >= 15 is 0 Å². The second kappa shape index (κ2) is 4.17. The maximum absolute atomic E-state index is 7.73. The number of furan rings is 1. The summed E-state index contributed by atoms with van der Waals surface area (Å²) in [7, 11) is 0. The Morgan fingerprint density at radius 2 is 2.10 bits per heavy atom. The van der Waals surface area contributed by atoms with Gasteiger partial charge in [-0.1, -0.05) is 18.2 Å². The van der Waals surface area contributed by atoms with Crippen molar-refractivity contribution in [2.45, 2.75) is 6.85 Å². The molecule has 0 saturated heterocycles. The van der Waals surface area contributed by atoms with Gasteiger partial charge in [0.15, 0.2) is 5.58 Å². The normalized spacial score (nSPS) is 14.1. The van der Waals surface area contributed by atoms with E-state index in [4.69, 9.17) is 8.53 Å². The summed E-state index contributed by atoms with van der Waals surface area (Å²) >= 11 is 0. The van der Waals surface area contributed by atoms with E-state index in [1.807, 2.05) is 36.4 Å². The molecule has 96 valence electrons. The van der Waals surface area contributed by atoms with E-state index in [1.165, 1.54) is 6.20 Å². The largest absolute Gasteiger partial charge is 0.454 e. The summed E-state index contributed by atoms with van der Waals surface area (Å²) < 4.78 is 29.1. The highest BCUT2D eigenvalue weighted by molar-refractivity contribution is 6.10. The summed E-state index contributed by atoms with van der Waals surface area (Å²) in [6.45, 7) is -2.25. The smallest absolute Gasteiger partial charge is 0.153 e. The molecule has 0 saturated carbocycles. The van der Waals surface area contributed by atoms with Crippen molar-refractivity contribution >= 4 is 21.9 Å². The van der Waals surface area contributed by atoms with Gasteiger partial charge in [-0.2, -0.15) is 0 Å². The van der Waals surface area contributed by atoms with E-state index in [0.29, 0.717) is 16.6 Å². The Balaban J connectivity index is 2.12. The highest BCUT2D eigenvalue weighted by Gasteiger charge is 2.13. The third-order valence-corrected chi connectivity index (χ3v) is 3.35. The van der Waals surface area contributed by atoms with E-state index in [9.17, 15) is 0 Å². The summed E-state index contributed by atoms with van der Waals surface area (Å²) in [5.74, 6) is 0. The zero-order valence-corrected chi connectivity index (χ0v) is 10.5. The van der Waals surface area contributed by atoms with E-state index in [0.717, 1.165) is 16.6 Å². The molecule has 4 rings (SSSR count). The molecule has 0 spiro atoms. The van der Waals surface area contributed by atoms with Gasteiger partial charge in [-0.3, -0.25) is 9.97 Å². The standard InChI is InChI=1S/C17H12N2O/c1-11-9-18-10-15-16(11)13-6-4-5-12(17(13)20-15)14-7-2-3-8-19-14/h2-10H,1H3/i1D3. The molecule has 0 fully saturated rings. The van der Waals surface area contributed by atoms with Crippen LogP contribution in [0.2, 0.25) is 0 Å². The molecule has 0 unspecified atom stereocenters. The van der Waals surface area contributed by atoms with Gasteiger partial charge >= 0.3 is 0 Å². The predicted molar refractivity (Wildman–Crippen MR) is 79.5 cm³/mol. The van der Waals surface area contributed by atoms with Crippen LogP contribution in [-0.4, -0.2) is 9.97 Å². The van der Waals surface area contributed by atoms with Gasteiger partial charge in [0.1, 0.15) is 5.58 Å². The molecule has 3 heteroatoms. The number of benzene rings is 1. The fourth-order valence-electron chi connectivity index (χ4n) is 2.47. The number of aromatic nitrogens is 2. The highest BCUT2D eigenvalue weighted by atomic mass is 16.3. The molecule has 3 aromatic heterocycles. The van der Waals surface area contributed by atoms with Crippen LogP contribution < -0.4 is 0 Å². The summed E-state index contributed by atoms with van der Waals surface area (Å²) in [5, 5.41) is 1.35. The molecule has 0 aliphatic rings. The molecular weight excluding hydrogens is 248 g/mol. The van der Waals surface area contributed by atoms with Crippen LogP contribution in [0.5, 0.6) is 0 Å². The van der Waals surface area contributed by atoms with Crippen LogP contribution in [0.25, 0.3) is 33.2 Å². The van der Waals surface area contributed by atoms with E-state index in [2.05, 4.69) is 9.97 Å². The topological polar surface area (TPSA) is 38.9 Å². The van der Waals surface area contributed by atoms with Gasteiger partial charge in [-0.05, 0) is 30.6 Å². The van der Waals surface area contributed by atoms with Crippen LogP contribution in [0.15, 0.2) is 59.4 Å². The Morgan fingerprint density at radius 1 is 1.10 bits per heavy atom. The molecule has 0 aliphatic carbocycles. The van der Waals surface area contributed by atoms with Crippen LogP contribution in [0.3, 0.4) is 0 Å². The molecule has 0 atom stereocenters. The maximum atomic E-state index is 7.73. The third kappa shape index (κ3) is 1.53. The minimum Gasteiger partial charge on any atom is -0.454 e. The number of para-hydroxylation sites is 1. The number of hydrogen-bond donors (Lipinski definition) is 0. The van der Waals surface area contributed by atoms with Crippen molar-refractivity contribution in [3.8, 4) is 11.3 Å². The summed E-state index contributed by atoms with van der Waals surface area (Å²) in [6.07, 6.45) is 4.65. The second-order valence-corrected chi connectivity index (χ2v) is 4.56. The van der Waals surface area contributed by atoms with Gasteiger partial charge in [-0.25, -0.2) is 0 Å². The maximum Gasteiger partial charge on any atom is 0.153 e. The van der Waals surface area contributed by atoms with Gasteiger partial charge in [0.2, 0.25) is 0 Å². The zero-order chi connectivity index (χ0) is 16.0. The minimum atomic E-state index is -2.25. The second-order valence-electron chi connectivity index (χ2n) is 4.56. The highest BCUT2D eigenvalue weighted by Crippen LogP contribution is 2.35. The van der Waals surface area contributed by atoms with Crippen molar-refractivity contribution in [2.24, 2.45) is 0 Å². The SMILES string of the molecule is [2H]C([2H])([2H])c1cncc2oc3c(-c4ccccn4)cccc3c12. The summed E-state index contributed by atoms with van der Waals surface area (Å²) in [6, 6.07) is 11.3. The van der Waals surface area contributed by atoms with Crippen molar-refractivity contribution in [1.82, 2.24) is 9.97 Å². The van der Waals surface area contributed by atoms with Crippen molar-refractivity contribution in [1.29, 1.82) is 0 Å². The molecule has 0 aliphatic heterocycles. The van der Waals surface area contributed by atoms with Crippen molar-refractivity contribution < 1.29 is 8.53 Å². The lowest BCUT2D eigenvalue weighted by atomic mass is 10.1. The molecule has 0 amide bonds. The molecule has 0 N–H and O–H groups in total. The fraction of sp³-hybridized carbons (Fsp3) is 0.0588. The summed E-state index contributed by atoms with van der Waals surface area (Å²) in [5.41, 5.74) is 2.90. The number of nitrogens with zero attached hydrogens (tertiary/aromatic N) is 2. The lowest BCUT2D eigenvalue weighted by Crippen LogP contribution is -1.82. The van der Waals surface area contributed by atoms with Crippen molar-refractivity contribution in [3.63, 3.8) is 0 Å². The van der Waals surface area contributed by atoms with E-state index in [-0.39, 0.29) is 5.56 Å². The Hall–Kier alpha value is -2.68. The summed E-state index contributed by atoms with van der Waals surface area (Å²) in [4.78, 5) is 8.36. The van der Waals surface area contributed by atoms with Gasteiger partial charge < -0.3 is 4.42 Å². The first-order valence-corrected chi connectivity index (χ1v) is 6.27. The van der Waals surface area contributed by atoms with Crippen molar-refractivity contribution in [3.05, 3.63) is 60.6 Å². The number of rotatable bonds is 1. The average Bonchev–Trinajstić information content (AvgIpc) is 2.93. The minimum absolute atomic E-state index is 0.201. The quantitative estimate of drug-likeness (QED) is 0.512. The molecule has 0 radical (unpaired) electrons. The number of pyridine rings is 2. The number of hydrogen-bond acceptors (Lipinski definition) is 3. The van der Waals surface area contributed by atoms with E-state index < -0.39 is 6.85 Å². The monoisotopic (exact) mass is 263 g/mol. The van der Waals surface area contributed by atoms with Gasteiger partial charge in [-0.15, -0.1) is 0 Å².